The Balaban J connectivity index is 2.72. The van der Waals surface area contributed by atoms with Crippen molar-refractivity contribution in [2.24, 2.45) is 0 Å². The van der Waals surface area contributed by atoms with Crippen molar-refractivity contribution < 1.29 is 9.53 Å². The molecule has 0 bridgehead atoms. The van der Waals surface area contributed by atoms with Gasteiger partial charge in [0.2, 0.25) is 5.91 Å². The highest BCUT2D eigenvalue weighted by atomic mass is 16.5. The van der Waals surface area contributed by atoms with Crippen LogP contribution in [-0.2, 0) is 15.1 Å². The normalized spacial score (nSPS) is 14.4. The van der Waals surface area contributed by atoms with Crippen molar-refractivity contribution in [3.63, 3.8) is 0 Å². The van der Waals surface area contributed by atoms with Gasteiger partial charge in [-0.2, -0.15) is 0 Å². The van der Waals surface area contributed by atoms with Crippen LogP contribution in [0.5, 0.6) is 0 Å². The Morgan fingerprint density at radius 1 is 1.30 bits per heavy atom. The Kier molecular flexibility index (Phi) is 5.52. The number of nitrogens with one attached hydrogen (secondary N) is 1. The first-order chi connectivity index (χ1) is 9.33. The van der Waals surface area contributed by atoms with E-state index in [0.29, 0.717) is 6.61 Å². The number of carbonyl (C=O) groups excluding carboxylic acids is 1. The van der Waals surface area contributed by atoms with E-state index < -0.39 is 11.1 Å². The largest absolute Gasteiger partial charge is 0.368 e. The van der Waals surface area contributed by atoms with Crippen LogP contribution in [0.2, 0.25) is 0 Å². The monoisotopic (exact) mass is 275 g/mol. The van der Waals surface area contributed by atoms with E-state index in [2.05, 4.69) is 11.9 Å². The van der Waals surface area contributed by atoms with Crippen molar-refractivity contribution in [2.45, 2.75) is 45.3 Å². The molecule has 20 heavy (non-hydrogen) atoms. The molecule has 1 aromatic rings. The lowest BCUT2D eigenvalue weighted by Gasteiger charge is -2.34. The number of amides is 1. The Labute approximate surface area is 122 Å². The third-order valence-electron chi connectivity index (χ3n) is 3.61. The SMILES string of the molecule is C=CC(=O)NC(C)(CC)COC(C)(C)c1ccccc1. The van der Waals surface area contributed by atoms with Gasteiger partial charge in [0.15, 0.2) is 0 Å². The van der Waals surface area contributed by atoms with Crippen molar-refractivity contribution in [1.29, 1.82) is 0 Å². The van der Waals surface area contributed by atoms with E-state index in [9.17, 15) is 4.79 Å². The van der Waals surface area contributed by atoms with Gasteiger partial charge in [0.1, 0.15) is 0 Å². The molecule has 110 valence electrons. The molecule has 0 heterocycles. The summed E-state index contributed by atoms with van der Waals surface area (Å²) in [5.41, 5.74) is 0.335. The molecule has 1 atom stereocenters. The number of rotatable bonds is 7. The lowest BCUT2D eigenvalue weighted by molar-refractivity contribution is -0.120. The van der Waals surface area contributed by atoms with Gasteiger partial charge >= 0.3 is 0 Å². The summed E-state index contributed by atoms with van der Waals surface area (Å²) in [6.07, 6.45) is 2.08. The first kappa shape index (κ1) is 16.4. The Bertz CT molecular complexity index is 453. The van der Waals surface area contributed by atoms with Crippen molar-refractivity contribution in [3.05, 3.63) is 48.6 Å². The van der Waals surface area contributed by atoms with Gasteiger partial charge in [-0.25, -0.2) is 0 Å². The molecule has 0 aliphatic heterocycles. The van der Waals surface area contributed by atoms with Crippen LogP contribution in [0.3, 0.4) is 0 Å². The molecule has 0 aliphatic rings. The minimum Gasteiger partial charge on any atom is -0.368 e. The number of ether oxygens (including phenoxy) is 1. The number of hydrogen-bond acceptors (Lipinski definition) is 2. The summed E-state index contributed by atoms with van der Waals surface area (Å²) in [6, 6.07) is 10.1. The maximum atomic E-state index is 11.5. The second-order valence-corrected chi connectivity index (χ2v) is 5.77. The van der Waals surface area contributed by atoms with Gasteiger partial charge in [-0.15, -0.1) is 0 Å². The minimum atomic E-state index is -0.392. The third-order valence-corrected chi connectivity index (χ3v) is 3.61. The van der Waals surface area contributed by atoms with E-state index in [0.717, 1.165) is 12.0 Å². The zero-order chi connectivity index (χ0) is 15.2. The topological polar surface area (TPSA) is 38.3 Å². The summed E-state index contributed by atoms with van der Waals surface area (Å²) in [4.78, 5) is 11.5. The Morgan fingerprint density at radius 3 is 2.40 bits per heavy atom. The molecule has 1 amide bonds. The summed E-state index contributed by atoms with van der Waals surface area (Å²) in [6.45, 7) is 12.0. The molecule has 0 saturated heterocycles. The van der Waals surface area contributed by atoms with Crippen molar-refractivity contribution >= 4 is 5.91 Å². The van der Waals surface area contributed by atoms with Crippen LogP contribution < -0.4 is 5.32 Å². The predicted molar refractivity (Wildman–Crippen MR) is 82.5 cm³/mol. The Morgan fingerprint density at radius 2 is 1.90 bits per heavy atom. The predicted octanol–water partition coefficient (Wildman–Crippen LogP) is 3.41. The van der Waals surface area contributed by atoms with Crippen molar-refractivity contribution in [1.82, 2.24) is 5.32 Å². The molecule has 1 rings (SSSR count). The molecule has 0 fully saturated rings. The van der Waals surface area contributed by atoms with Gasteiger partial charge in [0.25, 0.3) is 0 Å². The van der Waals surface area contributed by atoms with E-state index in [1.807, 2.05) is 58.0 Å². The highest BCUT2D eigenvalue weighted by Gasteiger charge is 2.29. The summed E-state index contributed by atoms with van der Waals surface area (Å²) in [5, 5.41) is 2.93. The number of hydrogen-bond donors (Lipinski definition) is 1. The van der Waals surface area contributed by atoms with E-state index in [1.165, 1.54) is 6.08 Å². The molecule has 0 saturated carbocycles. The van der Waals surface area contributed by atoms with Crippen LogP contribution >= 0.6 is 0 Å². The summed E-state index contributed by atoms with van der Waals surface area (Å²) in [5.74, 6) is -0.171. The average Bonchev–Trinajstić information content (AvgIpc) is 2.46. The molecule has 1 N–H and O–H groups in total. The molecule has 3 heteroatoms. The minimum absolute atomic E-state index is 0.171. The first-order valence-corrected chi connectivity index (χ1v) is 6.97. The van der Waals surface area contributed by atoms with Gasteiger partial charge in [-0.3, -0.25) is 4.79 Å². The fourth-order valence-corrected chi connectivity index (χ4v) is 1.84. The zero-order valence-corrected chi connectivity index (χ0v) is 12.9. The molecule has 3 nitrogen and oxygen atoms in total. The lowest BCUT2D eigenvalue weighted by Crippen LogP contribution is -2.49. The fraction of sp³-hybridized carbons (Fsp3) is 0.471. The molecular weight excluding hydrogens is 250 g/mol. The van der Waals surface area contributed by atoms with E-state index in [-0.39, 0.29) is 5.91 Å². The number of benzene rings is 1. The van der Waals surface area contributed by atoms with Crippen LogP contribution in [0.25, 0.3) is 0 Å². The second kappa shape index (κ2) is 6.71. The van der Waals surface area contributed by atoms with Crippen molar-refractivity contribution in [3.8, 4) is 0 Å². The van der Waals surface area contributed by atoms with Gasteiger partial charge in [0, 0.05) is 0 Å². The molecule has 0 radical (unpaired) electrons. The van der Waals surface area contributed by atoms with Crippen LogP contribution in [-0.4, -0.2) is 18.1 Å². The highest BCUT2D eigenvalue weighted by Crippen LogP contribution is 2.26. The zero-order valence-electron chi connectivity index (χ0n) is 12.9. The molecule has 1 unspecified atom stereocenters. The summed E-state index contributed by atoms with van der Waals surface area (Å²) < 4.78 is 6.07. The van der Waals surface area contributed by atoms with E-state index in [4.69, 9.17) is 4.74 Å². The summed E-state index contributed by atoms with van der Waals surface area (Å²) in [7, 11) is 0. The van der Waals surface area contributed by atoms with Crippen LogP contribution in [0, 0.1) is 0 Å². The molecule has 0 aliphatic carbocycles. The second-order valence-electron chi connectivity index (χ2n) is 5.77. The number of carbonyl (C=O) groups is 1. The van der Waals surface area contributed by atoms with Crippen molar-refractivity contribution in [2.75, 3.05) is 6.61 Å². The maximum Gasteiger partial charge on any atom is 0.243 e. The molecule has 0 aromatic heterocycles. The van der Waals surface area contributed by atoms with E-state index >= 15 is 0 Å². The van der Waals surface area contributed by atoms with E-state index in [1.54, 1.807) is 0 Å². The average molecular weight is 275 g/mol. The third kappa shape index (κ3) is 4.49. The van der Waals surface area contributed by atoms with Gasteiger partial charge in [-0.1, -0.05) is 43.8 Å². The van der Waals surface area contributed by atoms with Crippen LogP contribution in [0.1, 0.15) is 39.7 Å². The first-order valence-electron chi connectivity index (χ1n) is 6.97. The smallest absolute Gasteiger partial charge is 0.243 e. The van der Waals surface area contributed by atoms with Crippen LogP contribution in [0.4, 0.5) is 0 Å². The molecule has 1 aromatic carbocycles. The quantitative estimate of drug-likeness (QED) is 0.774. The molecular formula is C17H25NO2. The van der Waals surface area contributed by atoms with Crippen LogP contribution in [0.15, 0.2) is 43.0 Å². The van der Waals surface area contributed by atoms with Gasteiger partial charge < -0.3 is 10.1 Å². The summed E-state index contributed by atoms with van der Waals surface area (Å²) >= 11 is 0. The molecule has 0 spiro atoms. The maximum absolute atomic E-state index is 11.5. The highest BCUT2D eigenvalue weighted by molar-refractivity contribution is 5.87. The lowest BCUT2D eigenvalue weighted by atomic mass is 9.96. The fourth-order valence-electron chi connectivity index (χ4n) is 1.84. The standard InChI is InChI=1S/C17H25NO2/c1-6-15(19)18-17(5,7-2)13-20-16(3,4)14-11-9-8-10-12-14/h6,8-12H,1,7,13H2,2-5H3,(H,18,19). The Hall–Kier alpha value is -1.61. The van der Waals surface area contributed by atoms with Gasteiger partial charge in [0.05, 0.1) is 17.7 Å². The van der Waals surface area contributed by atoms with Gasteiger partial charge in [-0.05, 0) is 38.8 Å².